The first-order chi connectivity index (χ1) is 15.7. The fraction of sp³-hybridized carbons (Fsp3) is 0.391. The Morgan fingerprint density at radius 1 is 1.12 bits per heavy atom. The highest BCUT2D eigenvalue weighted by molar-refractivity contribution is 9.10. The molecule has 0 aliphatic rings. The Labute approximate surface area is 205 Å². The van der Waals surface area contributed by atoms with Gasteiger partial charge >= 0.3 is 5.69 Å². The number of nitrogens with one attached hydrogen (secondary N) is 1. The Hall–Kier alpha value is -3.34. The third-order valence-electron chi connectivity index (χ3n) is 4.81. The van der Waals surface area contributed by atoms with Gasteiger partial charge in [-0.05, 0) is 44.8 Å². The monoisotopic (exact) mass is 534 g/mol. The molecule has 34 heavy (non-hydrogen) atoms. The van der Waals surface area contributed by atoms with Crippen molar-refractivity contribution in [3.63, 3.8) is 0 Å². The second-order valence-corrected chi connectivity index (χ2v) is 10.5. The summed E-state index contributed by atoms with van der Waals surface area (Å²) in [6.45, 7) is 9.85. The number of nitro groups is 2. The molecule has 11 heteroatoms. The molecule has 0 aliphatic heterocycles. The number of hydrogen-bond donors (Lipinski definition) is 1. The van der Waals surface area contributed by atoms with Crippen LogP contribution in [0.3, 0.4) is 0 Å². The molecule has 0 fully saturated rings. The van der Waals surface area contributed by atoms with Crippen LogP contribution in [-0.4, -0.2) is 28.6 Å². The van der Waals surface area contributed by atoms with Crippen LogP contribution in [0, 0.1) is 25.6 Å². The van der Waals surface area contributed by atoms with Crippen LogP contribution in [0.25, 0.3) is 0 Å². The van der Waals surface area contributed by atoms with Crippen LogP contribution in [-0.2, 0) is 10.2 Å². The van der Waals surface area contributed by atoms with Gasteiger partial charge in [0.1, 0.15) is 0 Å². The van der Waals surface area contributed by atoms with Crippen molar-refractivity contribution in [2.24, 2.45) is 10.5 Å². The van der Waals surface area contributed by atoms with Crippen molar-refractivity contribution in [2.75, 3.05) is 6.61 Å². The van der Waals surface area contributed by atoms with Gasteiger partial charge in [-0.3, -0.25) is 25.0 Å². The van der Waals surface area contributed by atoms with Crippen molar-refractivity contribution in [3.8, 4) is 5.75 Å². The highest BCUT2D eigenvalue weighted by atomic mass is 79.9. The van der Waals surface area contributed by atoms with E-state index < -0.39 is 22.4 Å². The summed E-state index contributed by atoms with van der Waals surface area (Å²) < 4.78 is 5.82. The average molecular weight is 535 g/mol. The number of hydrogen-bond acceptors (Lipinski definition) is 7. The topological polar surface area (TPSA) is 137 Å². The lowest BCUT2D eigenvalue weighted by Gasteiger charge is -2.33. The average Bonchev–Trinajstić information content (AvgIpc) is 2.70. The van der Waals surface area contributed by atoms with Crippen molar-refractivity contribution in [1.29, 1.82) is 0 Å². The summed E-state index contributed by atoms with van der Waals surface area (Å²) >= 11 is 3.34. The van der Waals surface area contributed by atoms with E-state index in [-0.39, 0.29) is 28.0 Å². The predicted octanol–water partition coefficient (Wildman–Crippen LogP) is 5.51. The molecule has 2 aromatic rings. The fourth-order valence-electron chi connectivity index (χ4n) is 3.74. The summed E-state index contributed by atoms with van der Waals surface area (Å²) in [4.78, 5) is 33.6. The van der Waals surface area contributed by atoms with Crippen molar-refractivity contribution in [3.05, 3.63) is 72.2 Å². The first-order valence-electron chi connectivity index (χ1n) is 10.4. The molecule has 0 radical (unpaired) electrons. The molecule has 2 aromatic carbocycles. The van der Waals surface area contributed by atoms with E-state index in [4.69, 9.17) is 4.74 Å². The van der Waals surface area contributed by atoms with E-state index in [1.165, 1.54) is 30.5 Å². The molecule has 2 rings (SSSR count). The number of nitrogens with zero attached hydrogens (tertiary/aromatic N) is 3. The Bertz CT molecular complexity index is 1120. The number of nitro benzene ring substituents is 2. The van der Waals surface area contributed by atoms with Crippen LogP contribution >= 0.6 is 15.9 Å². The van der Waals surface area contributed by atoms with Crippen molar-refractivity contribution < 1.29 is 19.4 Å². The van der Waals surface area contributed by atoms with Gasteiger partial charge in [-0.1, -0.05) is 46.8 Å². The van der Waals surface area contributed by atoms with Gasteiger partial charge in [0.15, 0.2) is 6.61 Å². The lowest BCUT2D eigenvalue weighted by Crippen LogP contribution is -2.26. The molecule has 0 heterocycles. The number of carbonyl (C=O) groups excluding carboxylic acids is 1. The smallest absolute Gasteiger partial charge is 0.312 e. The molecule has 0 spiro atoms. The van der Waals surface area contributed by atoms with Crippen LogP contribution in [0.2, 0.25) is 0 Å². The van der Waals surface area contributed by atoms with E-state index in [0.29, 0.717) is 10.0 Å². The van der Waals surface area contributed by atoms with E-state index in [1.807, 2.05) is 13.8 Å². The summed E-state index contributed by atoms with van der Waals surface area (Å²) in [5.74, 6) is -0.710. The summed E-state index contributed by atoms with van der Waals surface area (Å²) in [6, 6.07) is 8.96. The molecule has 0 aromatic heterocycles. The Morgan fingerprint density at radius 3 is 2.38 bits per heavy atom. The maximum Gasteiger partial charge on any atom is 0.312 e. The molecule has 1 N–H and O–H groups in total. The predicted molar refractivity (Wildman–Crippen MR) is 132 cm³/mol. The summed E-state index contributed by atoms with van der Waals surface area (Å²) in [5, 5.41) is 26.3. The van der Waals surface area contributed by atoms with Gasteiger partial charge in [0.25, 0.3) is 11.6 Å². The largest absolute Gasteiger partial charge is 0.476 e. The van der Waals surface area contributed by atoms with Crippen LogP contribution in [0.5, 0.6) is 5.75 Å². The quantitative estimate of drug-likeness (QED) is 0.255. The Morgan fingerprint density at radius 2 is 1.79 bits per heavy atom. The third-order valence-corrected chi connectivity index (χ3v) is 5.39. The molecule has 182 valence electrons. The summed E-state index contributed by atoms with van der Waals surface area (Å²) in [6.07, 6.45) is 2.05. The maximum atomic E-state index is 12.1. The van der Waals surface area contributed by atoms with E-state index >= 15 is 0 Å². The number of ether oxygens (including phenoxy) is 1. The third kappa shape index (κ3) is 7.62. The van der Waals surface area contributed by atoms with Gasteiger partial charge in [-0.2, -0.15) is 5.10 Å². The fourth-order valence-corrected chi connectivity index (χ4v) is 4.31. The van der Waals surface area contributed by atoms with Crippen LogP contribution in [0.4, 0.5) is 11.4 Å². The molecule has 10 nitrogen and oxygen atoms in total. The molecule has 0 unspecified atom stereocenters. The van der Waals surface area contributed by atoms with E-state index in [9.17, 15) is 25.0 Å². The number of hydrazone groups is 1. The second-order valence-electron chi connectivity index (χ2n) is 9.62. The number of carbonyl (C=O) groups is 1. The molecule has 0 aliphatic carbocycles. The molecule has 0 saturated carbocycles. The van der Waals surface area contributed by atoms with Gasteiger partial charge in [-0.15, -0.1) is 0 Å². The number of amides is 1. The highest BCUT2D eigenvalue weighted by Crippen LogP contribution is 2.43. The Kier molecular flexibility index (Phi) is 8.49. The van der Waals surface area contributed by atoms with E-state index in [1.54, 1.807) is 12.1 Å². The minimum Gasteiger partial charge on any atom is -0.476 e. The standard InChI is InChI=1S/C23H27BrN4O6/c1-22(2,3)14-23(4,5)16-10-18(24)21(19(11-16)28(32)33)34-13-20(29)26-25-12-15-7-6-8-17(9-15)27(30)31/h6-12H,13-14H2,1-5H3,(H,26,29). The lowest BCUT2D eigenvalue weighted by atomic mass is 9.72. The second kappa shape index (κ2) is 10.7. The molecule has 1 amide bonds. The van der Waals surface area contributed by atoms with Gasteiger partial charge in [0.2, 0.25) is 5.75 Å². The van der Waals surface area contributed by atoms with Crippen LogP contribution in [0.1, 0.15) is 52.2 Å². The number of non-ortho nitro benzene ring substituents is 1. The molecule has 0 bridgehead atoms. The zero-order valence-corrected chi connectivity index (χ0v) is 21.2. The van der Waals surface area contributed by atoms with Crippen LogP contribution in [0.15, 0.2) is 46.0 Å². The van der Waals surface area contributed by atoms with Crippen LogP contribution < -0.4 is 10.2 Å². The van der Waals surface area contributed by atoms with Gasteiger partial charge in [-0.25, -0.2) is 5.43 Å². The van der Waals surface area contributed by atoms with Gasteiger partial charge in [0.05, 0.1) is 20.5 Å². The van der Waals surface area contributed by atoms with Crippen molar-refractivity contribution in [2.45, 2.75) is 46.5 Å². The highest BCUT2D eigenvalue weighted by Gasteiger charge is 2.31. The first kappa shape index (κ1) is 26.9. The molecular weight excluding hydrogens is 508 g/mol. The molecule has 0 saturated heterocycles. The van der Waals surface area contributed by atoms with E-state index in [0.717, 1.165) is 12.0 Å². The van der Waals surface area contributed by atoms with Crippen molar-refractivity contribution >= 4 is 39.4 Å². The maximum absolute atomic E-state index is 12.1. The van der Waals surface area contributed by atoms with E-state index in [2.05, 4.69) is 47.2 Å². The summed E-state index contributed by atoms with van der Waals surface area (Å²) in [5.41, 5.74) is 2.76. The SMILES string of the molecule is CC(C)(C)CC(C)(C)c1cc(Br)c(OCC(=O)NN=Cc2cccc([N+](=O)[O-])c2)c([N+](=O)[O-])c1. The zero-order valence-electron chi connectivity index (χ0n) is 19.6. The lowest BCUT2D eigenvalue weighted by molar-refractivity contribution is -0.386. The normalized spacial score (nSPS) is 11.9. The Balaban J connectivity index is 2.13. The van der Waals surface area contributed by atoms with Gasteiger partial charge in [0, 0.05) is 23.8 Å². The number of halogens is 1. The number of benzene rings is 2. The minimum atomic E-state index is -0.653. The molecule has 0 atom stereocenters. The summed E-state index contributed by atoms with van der Waals surface area (Å²) in [7, 11) is 0. The number of rotatable bonds is 9. The first-order valence-corrected chi connectivity index (χ1v) is 11.2. The zero-order chi connectivity index (χ0) is 25.7. The van der Waals surface area contributed by atoms with Gasteiger partial charge < -0.3 is 4.74 Å². The minimum absolute atomic E-state index is 0.0171. The van der Waals surface area contributed by atoms with Crippen molar-refractivity contribution in [1.82, 2.24) is 5.43 Å². The molecular formula is C23H27BrN4O6.